The van der Waals surface area contributed by atoms with E-state index in [2.05, 4.69) is 32.0 Å². The highest BCUT2D eigenvalue weighted by atomic mass is 35.5. The first-order valence-electron chi connectivity index (χ1n) is 10.0. The lowest BCUT2D eigenvalue weighted by molar-refractivity contribution is -0.127. The van der Waals surface area contributed by atoms with Crippen LogP contribution in [0, 0.1) is 5.92 Å². The molecular weight excluding hydrogens is 406 g/mol. The number of amides is 1. The van der Waals surface area contributed by atoms with Crippen molar-refractivity contribution in [3.05, 3.63) is 35.4 Å². The Morgan fingerprint density at radius 1 is 1.20 bits per heavy atom. The average molecular weight is 428 g/mol. The molecule has 3 N–H and O–H groups in total. The van der Waals surface area contributed by atoms with Crippen LogP contribution in [0.5, 0.6) is 6.01 Å². The van der Waals surface area contributed by atoms with Gasteiger partial charge in [-0.2, -0.15) is 4.98 Å². The molecule has 1 aliphatic heterocycles. The lowest BCUT2D eigenvalue weighted by atomic mass is 9.82. The number of carbonyl (C=O) groups is 1. The molecule has 9 heteroatoms. The molecule has 1 aliphatic carbocycles. The molecule has 8 nitrogen and oxygen atoms in total. The summed E-state index contributed by atoms with van der Waals surface area (Å²) in [5.41, 5.74) is 9.30. The van der Waals surface area contributed by atoms with Crippen molar-refractivity contribution >= 4 is 34.4 Å². The number of fused-ring (bicyclic) bond motifs is 1. The van der Waals surface area contributed by atoms with Crippen LogP contribution in [-0.2, 0) is 9.53 Å². The number of rotatable bonds is 5. The number of nitrogens with zero attached hydrogens (tertiary/aromatic N) is 3. The van der Waals surface area contributed by atoms with Crippen LogP contribution in [0.1, 0.15) is 12.8 Å². The number of imidazole rings is 1. The van der Waals surface area contributed by atoms with Crippen molar-refractivity contribution in [1.29, 1.82) is 0 Å². The Hall–Kier alpha value is -2.84. The number of pyridine rings is 1. The molecule has 3 heterocycles. The Bertz CT molecular complexity index is 1070. The molecule has 2 aliphatic rings. The number of halogens is 1. The first kappa shape index (κ1) is 19.1. The number of aromatic amines is 1. The minimum atomic E-state index is -0.280. The van der Waals surface area contributed by atoms with Crippen LogP contribution in [0.15, 0.2) is 30.3 Å². The third kappa shape index (κ3) is 3.68. The summed E-state index contributed by atoms with van der Waals surface area (Å²) in [4.78, 5) is 25.6. The Morgan fingerprint density at radius 2 is 1.93 bits per heavy atom. The van der Waals surface area contributed by atoms with Crippen LogP contribution in [0.3, 0.4) is 0 Å². The van der Waals surface area contributed by atoms with E-state index in [0.29, 0.717) is 40.7 Å². The first-order valence-corrected chi connectivity index (χ1v) is 10.4. The van der Waals surface area contributed by atoms with Gasteiger partial charge in [0.15, 0.2) is 5.65 Å². The van der Waals surface area contributed by atoms with Gasteiger partial charge in [0, 0.05) is 30.3 Å². The number of nitrogens with two attached hydrogens (primary N) is 1. The number of aromatic nitrogens is 3. The van der Waals surface area contributed by atoms with Crippen LogP contribution < -0.4 is 15.4 Å². The minimum absolute atomic E-state index is 0.0641. The molecule has 1 aromatic carbocycles. The Morgan fingerprint density at radius 3 is 2.63 bits per heavy atom. The zero-order valence-electron chi connectivity index (χ0n) is 16.3. The lowest BCUT2D eigenvalue weighted by Gasteiger charge is -2.32. The van der Waals surface area contributed by atoms with E-state index >= 15 is 0 Å². The van der Waals surface area contributed by atoms with Gasteiger partial charge < -0.3 is 25.1 Å². The van der Waals surface area contributed by atoms with Crippen LogP contribution in [0.25, 0.3) is 22.4 Å². The van der Waals surface area contributed by atoms with Crippen LogP contribution in [-0.4, -0.2) is 53.3 Å². The summed E-state index contributed by atoms with van der Waals surface area (Å²) in [6, 6.07) is 10.4. The van der Waals surface area contributed by atoms with Gasteiger partial charge in [0.1, 0.15) is 6.10 Å². The van der Waals surface area contributed by atoms with Crippen LogP contribution >= 0.6 is 11.6 Å². The molecule has 2 fully saturated rings. The van der Waals surface area contributed by atoms with E-state index in [9.17, 15) is 4.79 Å². The van der Waals surface area contributed by atoms with E-state index in [1.54, 1.807) is 0 Å². The van der Waals surface area contributed by atoms with Gasteiger partial charge in [-0.25, -0.2) is 4.98 Å². The standard InChI is InChI=1S/C21H22ClN5O3/c22-16-11-17-20(26-21(24-17)30-15-9-13(10-15)19(23)28)25-18(16)12-1-3-14(4-2-12)27-5-7-29-8-6-27/h1-4,11,13,15H,5-10H2,(H2,23,28)(H,24,25,26)/t13-,15-. The Kier molecular flexibility index (Phi) is 4.96. The zero-order chi connectivity index (χ0) is 20.7. The minimum Gasteiger partial charge on any atom is -0.461 e. The molecule has 0 atom stereocenters. The third-order valence-corrected chi connectivity index (χ3v) is 5.99. The fourth-order valence-corrected chi connectivity index (χ4v) is 4.12. The molecule has 0 radical (unpaired) electrons. The Labute approximate surface area is 178 Å². The van der Waals surface area contributed by atoms with Crippen molar-refractivity contribution in [3.63, 3.8) is 0 Å². The molecule has 0 bridgehead atoms. The predicted molar refractivity (Wildman–Crippen MR) is 114 cm³/mol. The summed E-state index contributed by atoms with van der Waals surface area (Å²) in [6.07, 6.45) is 1.16. The van der Waals surface area contributed by atoms with E-state index < -0.39 is 0 Å². The molecule has 1 saturated heterocycles. The third-order valence-electron chi connectivity index (χ3n) is 5.70. The number of morpholine rings is 1. The molecule has 3 aromatic rings. The summed E-state index contributed by atoms with van der Waals surface area (Å²) in [6.45, 7) is 3.28. The summed E-state index contributed by atoms with van der Waals surface area (Å²) in [5, 5.41) is 0.536. The van der Waals surface area contributed by atoms with Crippen LogP contribution in [0.4, 0.5) is 5.69 Å². The van der Waals surface area contributed by atoms with Gasteiger partial charge in [-0.05, 0) is 31.0 Å². The maximum Gasteiger partial charge on any atom is 0.296 e. The second-order valence-corrected chi connectivity index (χ2v) is 8.10. The van der Waals surface area contributed by atoms with E-state index in [1.165, 1.54) is 0 Å². The largest absolute Gasteiger partial charge is 0.461 e. The smallest absolute Gasteiger partial charge is 0.296 e. The molecule has 156 valence electrons. The van der Waals surface area contributed by atoms with Gasteiger partial charge in [0.05, 0.1) is 29.4 Å². The summed E-state index contributed by atoms with van der Waals surface area (Å²) < 4.78 is 11.2. The van der Waals surface area contributed by atoms with Crippen molar-refractivity contribution < 1.29 is 14.3 Å². The second-order valence-electron chi connectivity index (χ2n) is 7.69. The van der Waals surface area contributed by atoms with Crippen molar-refractivity contribution in [2.75, 3.05) is 31.2 Å². The fraction of sp³-hybridized carbons (Fsp3) is 0.381. The summed E-state index contributed by atoms with van der Waals surface area (Å²) >= 11 is 6.50. The van der Waals surface area contributed by atoms with Gasteiger partial charge in [-0.15, -0.1) is 0 Å². The van der Waals surface area contributed by atoms with E-state index in [0.717, 1.165) is 37.6 Å². The molecule has 0 spiro atoms. The molecule has 1 saturated carbocycles. The van der Waals surface area contributed by atoms with Crippen molar-refractivity contribution in [2.24, 2.45) is 11.7 Å². The normalized spacial score (nSPS) is 21.4. The monoisotopic (exact) mass is 427 g/mol. The van der Waals surface area contributed by atoms with E-state index in [4.69, 9.17) is 26.8 Å². The van der Waals surface area contributed by atoms with Gasteiger partial charge >= 0.3 is 0 Å². The van der Waals surface area contributed by atoms with E-state index in [-0.39, 0.29) is 17.9 Å². The summed E-state index contributed by atoms with van der Waals surface area (Å²) in [5.74, 6) is -0.392. The number of H-pyrrole nitrogens is 1. The van der Waals surface area contributed by atoms with Crippen molar-refractivity contribution in [2.45, 2.75) is 18.9 Å². The molecule has 0 unspecified atom stereocenters. The predicted octanol–water partition coefficient (Wildman–Crippen LogP) is 2.76. The molecular formula is C21H22ClN5O3. The number of primary amides is 1. The molecule has 1 amide bonds. The number of hydrogen-bond acceptors (Lipinski definition) is 6. The highest BCUT2D eigenvalue weighted by Crippen LogP contribution is 2.33. The van der Waals surface area contributed by atoms with Crippen molar-refractivity contribution in [1.82, 2.24) is 15.0 Å². The average Bonchev–Trinajstić information content (AvgIpc) is 3.11. The van der Waals surface area contributed by atoms with E-state index in [1.807, 2.05) is 18.2 Å². The van der Waals surface area contributed by atoms with Gasteiger partial charge in [0.25, 0.3) is 6.01 Å². The lowest BCUT2D eigenvalue weighted by Crippen LogP contribution is -2.41. The number of ether oxygens (including phenoxy) is 2. The SMILES string of the molecule is NC(=O)[C@H]1C[C@H](Oc2nc3nc(-c4ccc(N5CCOCC5)cc4)c(Cl)cc3[nH]2)C1. The maximum atomic E-state index is 11.2. The highest BCUT2D eigenvalue weighted by molar-refractivity contribution is 6.33. The summed E-state index contributed by atoms with van der Waals surface area (Å²) in [7, 11) is 0. The number of benzene rings is 1. The Balaban J connectivity index is 1.34. The van der Waals surface area contributed by atoms with Gasteiger partial charge in [0.2, 0.25) is 5.91 Å². The van der Waals surface area contributed by atoms with Crippen LogP contribution in [0.2, 0.25) is 5.02 Å². The second kappa shape index (κ2) is 7.77. The molecule has 2 aromatic heterocycles. The highest BCUT2D eigenvalue weighted by Gasteiger charge is 2.35. The van der Waals surface area contributed by atoms with Gasteiger partial charge in [-0.3, -0.25) is 4.79 Å². The first-order chi connectivity index (χ1) is 14.6. The number of hydrogen-bond donors (Lipinski definition) is 2. The molecule has 5 rings (SSSR count). The number of anilines is 1. The quantitative estimate of drug-likeness (QED) is 0.648. The topological polar surface area (TPSA) is 106 Å². The maximum absolute atomic E-state index is 11.2. The fourth-order valence-electron chi connectivity index (χ4n) is 3.86. The number of carbonyl (C=O) groups excluding carboxylic acids is 1. The zero-order valence-corrected chi connectivity index (χ0v) is 17.1. The van der Waals surface area contributed by atoms with Crippen molar-refractivity contribution in [3.8, 4) is 17.3 Å². The molecule has 30 heavy (non-hydrogen) atoms. The number of nitrogens with one attached hydrogen (secondary N) is 1. The van der Waals surface area contributed by atoms with Gasteiger partial charge in [-0.1, -0.05) is 23.7 Å².